The lowest BCUT2D eigenvalue weighted by Gasteiger charge is -2.36. The van der Waals surface area contributed by atoms with Crippen LogP contribution < -0.4 is 10.2 Å². The van der Waals surface area contributed by atoms with Crippen LogP contribution in [0.4, 0.5) is 5.69 Å². The first kappa shape index (κ1) is 20.0. The van der Waals surface area contributed by atoms with Gasteiger partial charge in [0.05, 0.1) is 11.9 Å². The largest absolute Gasteiger partial charge is 0.381 e. The highest BCUT2D eigenvalue weighted by Crippen LogP contribution is 2.17. The van der Waals surface area contributed by atoms with Crippen molar-refractivity contribution in [1.29, 1.82) is 0 Å². The first-order chi connectivity index (χ1) is 11.7. The summed E-state index contributed by atoms with van der Waals surface area (Å²) < 4.78 is 7.11. The van der Waals surface area contributed by atoms with Crippen LogP contribution in [-0.4, -0.2) is 73.0 Å². The molecule has 2 saturated heterocycles. The minimum Gasteiger partial charge on any atom is -0.381 e. The van der Waals surface area contributed by atoms with Gasteiger partial charge in [-0.15, -0.1) is 24.0 Å². The van der Waals surface area contributed by atoms with Crippen molar-refractivity contribution >= 4 is 41.5 Å². The molecule has 0 unspecified atom stereocenters. The lowest BCUT2D eigenvalue weighted by Crippen LogP contribution is -2.55. The third-order valence-corrected chi connectivity index (χ3v) is 4.62. The Balaban J connectivity index is 0.00000225. The average molecular weight is 462 g/mol. The van der Waals surface area contributed by atoms with Gasteiger partial charge in [-0.2, -0.15) is 5.10 Å². The minimum atomic E-state index is 0. The molecule has 25 heavy (non-hydrogen) atoms. The summed E-state index contributed by atoms with van der Waals surface area (Å²) in [5.41, 5.74) is 0.854. The highest BCUT2D eigenvalue weighted by atomic mass is 127. The maximum atomic E-state index is 12.5. The molecule has 1 N–H and O–H groups in total. The van der Waals surface area contributed by atoms with Crippen LogP contribution in [0.2, 0.25) is 0 Å². The Kier molecular flexibility index (Phi) is 7.48. The molecule has 0 saturated carbocycles. The fourth-order valence-corrected chi connectivity index (χ4v) is 3.19. The van der Waals surface area contributed by atoms with Crippen LogP contribution >= 0.6 is 24.0 Å². The number of guanidine groups is 1. The van der Waals surface area contributed by atoms with E-state index in [0.29, 0.717) is 19.0 Å². The van der Waals surface area contributed by atoms with Crippen molar-refractivity contribution in [2.24, 2.45) is 18.0 Å². The zero-order valence-electron chi connectivity index (χ0n) is 14.8. The van der Waals surface area contributed by atoms with E-state index in [-0.39, 0.29) is 29.9 Å². The summed E-state index contributed by atoms with van der Waals surface area (Å²) in [5.74, 6) is 1.49. The maximum Gasteiger partial charge on any atom is 0.246 e. The Morgan fingerprint density at radius 3 is 2.76 bits per heavy atom. The van der Waals surface area contributed by atoms with E-state index in [1.54, 1.807) is 22.8 Å². The van der Waals surface area contributed by atoms with Gasteiger partial charge in [0, 0.05) is 53.1 Å². The summed E-state index contributed by atoms with van der Waals surface area (Å²) in [4.78, 5) is 20.6. The lowest BCUT2D eigenvalue weighted by molar-refractivity contribution is -0.120. The molecule has 9 heteroatoms. The number of ether oxygens (including phenoxy) is 1. The molecule has 0 aromatic carbocycles. The van der Waals surface area contributed by atoms with E-state index in [1.165, 1.54) is 0 Å². The van der Waals surface area contributed by atoms with E-state index in [4.69, 9.17) is 4.74 Å². The van der Waals surface area contributed by atoms with E-state index in [0.717, 1.165) is 50.8 Å². The number of aryl methyl sites for hydroxylation is 1. The zero-order chi connectivity index (χ0) is 16.9. The van der Waals surface area contributed by atoms with Crippen molar-refractivity contribution in [3.63, 3.8) is 0 Å². The first-order valence-corrected chi connectivity index (χ1v) is 8.49. The van der Waals surface area contributed by atoms with E-state index in [9.17, 15) is 4.79 Å². The summed E-state index contributed by atoms with van der Waals surface area (Å²) >= 11 is 0. The highest BCUT2D eigenvalue weighted by molar-refractivity contribution is 14.0. The number of carbonyl (C=O) groups is 1. The highest BCUT2D eigenvalue weighted by Gasteiger charge is 2.28. The van der Waals surface area contributed by atoms with Gasteiger partial charge in [-0.3, -0.25) is 14.5 Å². The number of piperazine rings is 1. The number of aromatic nitrogens is 2. The Bertz CT molecular complexity index is 599. The van der Waals surface area contributed by atoms with Crippen molar-refractivity contribution in [2.45, 2.75) is 12.8 Å². The van der Waals surface area contributed by atoms with Crippen LogP contribution in [0.25, 0.3) is 0 Å². The molecule has 2 fully saturated rings. The maximum absolute atomic E-state index is 12.5. The van der Waals surface area contributed by atoms with Crippen molar-refractivity contribution in [2.75, 3.05) is 51.3 Å². The van der Waals surface area contributed by atoms with Crippen LogP contribution in [0.3, 0.4) is 0 Å². The number of aliphatic imine (C=N–C) groups is 1. The number of hydrogen-bond acceptors (Lipinski definition) is 4. The van der Waals surface area contributed by atoms with E-state index >= 15 is 0 Å². The average Bonchev–Trinajstić information content (AvgIpc) is 3.02. The van der Waals surface area contributed by atoms with E-state index < -0.39 is 0 Å². The molecule has 1 amide bonds. The molecule has 1 aromatic heterocycles. The second-order valence-electron chi connectivity index (χ2n) is 6.32. The van der Waals surface area contributed by atoms with Crippen molar-refractivity contribution in [1.82, 2.24) is 20.0 Å². The number of hydrogen-bond donors (Lipinski definition) is 1. The fraction of sp³-hybridized carbons (Fsp3) is 0.688. The number of amides is 1. The van der Waals surface area contributed by atoms with E-state index in [1.807, 2.05) is 18.1 Å². The van der Waals surface area contributed by atoms with E-state index in [2.05, 4.69) is 15.4 Å². The third kappa shape index (κ3) is 5.06. The molecule has 8 nitrogen and oxygen atoms in total. The molecule has 1 aromatic rings. The second-order valence-corrected chi connectivity index (χ2v) is 6.32. The quantitative estimate of drug-likeness (QED) is 0.407. The van der Waals surface area contributed by atoms with Gasteiger partial charge >= 0.3 is 0 Å². The number of rotatable bonds is 3. The second kappa shape index (κ2) is 9.37. The Hall–Kier alpha value is -1.36. The van der Waals surface area contributed by atoms with Crippen LogP contribution in [-0.2, 0) is 16.6 Å². The molecule has 140 valence electrons. The number of nitrogens with zero attached hydrogens (tertiary/aromatic N) is 5. The number of halogens is 1. The molecule has 2 aliphatic rings. The predicted molar refractivity (Wildman–Crippen MR) is 107 cm³/mol. The van der Waals surface area contributed by atoms with Gasteiger partial charge in [-0.05, 0) is 18.8 Å². The summed E-state index contributed by atoms with van der Waals surface area (Å²) in [5, 5.41) is 7.56. The topological polar surface area (TPSA) is 75.0 Å². The SMILES string of the molecule is CN=C(NCC1CCOCC1)N1CCN(c2cnn(C)c2)C(=O)C1.I. The van der Waals surface area contributed by atoms with Crippen LogP contribution in [0.1, 0.15) is 12.8 Å². The number of anilines is 1. The van der Waals surface area contributed by atoms with Crippen LogP contribution in [0.15, 0.2) is 17.4 Å². The summed E-state index contributed by atoms with van der Waals surface area (Å²) in [6.45, 7) is 4.30. The normalized spacial score (nSPS) is 19.8. The molecule has 3 heterocycles. The minimum absolute atomic E-state index is 0. The van der Waals surface area contributed by atoms with Gasteiger partial charge in [-0.25, -0.2) is 0 Å². The molecular weight excluding hydrogens is 435 g/mol. The van der Waals surface area contributed by atoms with Gasteiger partial charge in [0.15, 0.2) is 5.96 Å². The standard InChI is InChI=1S/C16H26N6O2.HI/c1-17-16(18-9-13-3-7-24-8-4-13)21-5-6-22(15(23)12-21)14-10-19-20(2)11-14;/h10-11,13H,3-9,12H2,1-2H3,(H,17,18);1H. The van der Waals surface area contributed by atoms with Crippen molar-refractivity contribution < 1.29 is 9.53 Å². The van der Waals surface area contributed by atoms with Gasteiger partial charge in [0.1, 0.15) is 6.54 Å². The Labute approximate surface area is 165 Å². The Morgan fingerprint density at radius 1 is 1.40 bits per heavy atom. The molecule has 0 atom stereocenters. The molecule has 0 aliphatic carbocycles. The van der Waals surface area contributed by atoms with Crippen LogP contribution in [0, 0.1) is 5.92 Å². The van der Waals surface area contributed by atoms with Gasteiger partial charge in [0.2, 0.25) is 5.91 Å². The molecule has 0 bridgehead atoms. The molecule has 2 aliphatic heterocycles. The van der Waals surface area contributed by atoms with Gasteiger partial charge < -0.3 is 19.9 Å². The monoisotopic (exact) mass is 462 g/mol. The zero-order valence-corrected chi connectivity index (χ0v) is 17.2. The molecule has 3 rings (SSSR count). The van der Waals surface area contributed by atoms with Crippen LogP contribution in [0.5, 0.6) is 0 Å². The lowest BCUT2D eigenvalue weighted by atomic mass is 10.0. The fourth-order valence-electron chi connectivity index (χ4n) is 3.19. The molecular formula is C16H27IN6O2. The van der Waals surface area contributed by atoms with Crippen molar-refractivity contribution in [3.8, 4) is 0 Å². The predicted octanol–water partition coefficient (Wildman–Crippen LogP) is 0.689. The summed E-state index contributed by atoms with van der Waals surface area (Å²) in [6.07, 6.45) is 5.76. The Morgan fingerprint density at radius 2 is 2.16 bits per heavy atom. The van der Waals surface area contributed by atoms with Gasteiger partial charge in [0.25, 0.3) is 0 Å². The summed E-state index contributed by atoms with van der Waals surface area (Å²) in [7, 11) is 3.62. The van der Waals surface area contributed by atoms with Gasteiger partial charge in [-0.1, -0.05) is 0 Å². The van der Waals surface area contributed by atoms with Crippen molar-refractivity contribution in [3.05, 3.63) is 12.4 Å². The first-order valence-electron chi connectivity index (χ1n) is 8.49. The number of nitrogens with one attached hydrogen (secondary N) is 1. The summed E-state index contributed by atoms with van der Waals surface area (Å²) in [6, 6.07) is 0. The smallest absolute Gasteiger partial charge is 0.246 e. The number of carbonyl (C=O) groups excluding carboxylic acids is 1. The third-order valence-electron chi connectivity index (χ3n) is 4.62. The molecule has 0 spiro atoms. The molecule has 0 radical (unpaired) electrons.